The summed E-state index contributed by atoms with van der Waals surface area (Å²) in [4.78, 5) is 0. The van der Waals surface area contributed by atoms with Gasteiger partial charge in [0, 0.05) is 0 Å². The largest absolute Gasteiger partial charge is 0.152 e. The Morgan fingerprint density at radius 2 is 1.02 bits per heavy atom. The molecular weight excluding hydrogens is 533 g/mol. The Labute approximate surface area is 266 Å². The maximum Gasteiger partial charge on any atom is 0.152 e. The molecule has 1 heterocycles. The molecule has 0 spiro atoms. The molecule has 0 bridgehead atoms. The van der Waals surface area contributed by atoms with E-state index in [1.807, 2.05) is 0 Å². The maximum absolute atomic E-state index is 2.90. The van der Waals surface area contributed by atoms with Crippen molar-refractivity contribution in [2.24, 2.45) is 5.41 Å². The van der Waals surface area contributed by atoms with Crippen LogP contribution in [0.4, 0.5) is 0 Å². The third-order valence-electron chi connectivity index (χ3n) is 10.3. The lowest BCUT2D eigenvalue weighted by atomic mass is 9.83. The molecule has 1 atom stereocenters. The topological polar surface area (TPSA) is 0 Å². The van der Waals surface area contributed by atoms with Crippen LogP contribution in [-0.4, -0.2) is 8.07 Å². The predicted octanol–water partition coefficient (Wildman–Crippen LogP) is 11.4. The summed E-state index contributed by atoms with van der Waals surface area (Å²) in [7, 11) is -2.52. The molecule has 0 aliphatic carbocycles. The molecule has 0 nitrogen and oxygen atoms in total. The lowest BCUT2D eigenvalue weighted by Crippen LogP contribution is -2.80. The van der Waals surface area contributed by atoms with E-state index in [1.54, 1.807) is 32.6 Å². The fraction of sp³-hybridized carbons (Fsp3) is 0.524. The first kappa shape index (κ1) is 33.5. The standard InChI is InChI=1S/C42H60Si/c1-26(2)32-21-34(28(5)6)39(35(22-32)29(7)8)43(25-38(41(11,12)13)31-19-17-16-18-20-31)40-36(30(9)10)23-33(27(3)4)24-37(40)42(43,14)15/h16-30H,1-15H3/b38-25+/t43-/m1/s1. The molecule has 4 rings (SSSR count). The Morgan fingerprint density at radius 3 is 1.42 bits per heavy atom. The summed E-state index contributed by atoms with van der Waals surface area (Å²) < 4.78 is 0. The normalized spacial score (nSPS) is 18.7. The summed E-state index contributed by atoms with van der Waals surface area (Å²) in [5.74, 6) is 2.40. The molecule has 3 aromatic rings. The van der Waals surface area contributed by atoms with Gasteiger partial charge < -0.3 is 0 Å². The van der Waals surface area contributed by atoms with E-state index in [0.717, 1.165) is 0 Å². The van der Waals surface area contributed by atoms with Gasteiger partial charge in [0.2, 0.25) is 0 Å². The number of rotatable bonds is 8. The molecule has 0 aromatic heterocycles. The van der Waals surface area contributed by atoms with Gasteiger partial charge in [0.15, 0.2) is 8.07 Å². The van der Waals surface area contributed by atoms with Crippen molar-refractivity contribution in [1.29, 1.82) is 0 Å². The minimum absolute atomic E-state index is 0.0108. The number of allylic oxidation sites excluding steroid dienone is 1. The van der Waals surface area contributed by atoms with E-state index in [0.29, 0.717) is 29.6 Å². The maximum atomic E-state index is 2.90. The average Bonchev–Trinajstić information content (AvgIpc) is 2.91. The lowest BCUT2D eigenvalue weighted by molar-refractivity contribution is 0.566. The first-order valence-corrected chi connectivity index (χ1v) is 19.1. The quantitative estimate of drug-likeness (QED) is 0.228. The van der Waals surface area contributed by atoms with Crippen LogP contribution in [0.1, 0.15) is 172 Å². The zero-order chi connectivity index (χ0) is 32.2. The van der Waals surface area contributed by atoms with Gasteiger partial charge in [-0.3, -0.25) is 0 Å². The molecule has 43 heavy (non-hydrogen) atoms. The Balaban J connectivity index is 2.33. The van der Waals surface area contributed by atoms with E-state index in [4.69, 9.17) is 0 Å². The average molecular weight is 593 g/mol. The van der Waals surface area contributed by atoms with Gasteiger partial charge in [-0.05, 0) is 94.9 Å². The van der Waals surface area contributed by atoms with Crippen LogP contribution in [0, 0.1) is 5.41 Å². The van der Waals surface area contributed by atoms with Gasteiger partial charge in [-0.15, -0.1) is 0 Å². The molecule has 0 radical (unpaired) electrons. The van der Waals surface area contributed by atoms with E-state index in [9.17, 15) is 0 Å². The van der Waals surface area contributed by atoms with Gasteiger partial charge in [0.25, 0.3) is 0 Å². The second kappa shape index (κ2) is 11.8. The molecule has 0 saturated carbocycles. The lowest BCUT2D eigenvalue weighted by Gasteiger charge is -2.59. The van der Waals surface area contributed by atoms with Gasteiger partial charge in [0.1, 0.15) is 0 Å². The van der Waals surface area contributed by atoms with Gasteiger partial charge in [-0.2, -0.15) is 0 Å². The third kappa shape index (κ3) is 5.65. The van der Waals surface area contributed by atoms with E-state index in [1.165, 1.54) is 22.3 Å². The second-order valence-electron chi connectivity index (χ2n) is 16.5. The summed E-state index contributed by atoms with van der Waals surface area (Å²) in [5.41, 5.74) is 15.1. The van der Waals surface area contributed by atoms with E-state index in [2.05, 4.69) is 164 Å². The minimum atomic E-state index is -2.52. The molecule has 3 aromatic carbocycles. The Bertz CT molecular complexity index is 1440. The highest BCUT2D eigenvalue weighted by molar-refractivity contribution is 7.12. The molecule has 0 unspecified atom stereocenters. The summed E-state index contributed by atoms with van der Waals surface area (Å²) in [6.45, 7) is 36.4. The van der Waals surface area contributed by atoms with Crippen LogP contribution in [0.15, 0.2) is 60.3 Å². The molecule has 1 heteroatoms. The Hall–Kier alpha value is -2.38. The third-order valence-corrected chi connectivity index (χ3v) is 16.0. The first-order valence-electron chi connectivity index (χ1n) is 17.0. The monoisotopic (exact) mass is 592 g/mol. The van der Waals surface area contributed by atoms with E-state index < -0.39 is 8.07 Å². The molecule has 0 fully saturated rings. The van der Waals surface area contributed by atoms with Gasteiger partial charge in [-0.1, -0.05) is 164 Å². The summed E-state index contributed by atoms with van der Waals surface area (Å²) in [6.07, 6.45) is 0. The van der Waals surface area contributed by atoms with Crippen LogP contribution < -0.4 is 10.4 Å². The first-order chi connectivity index (χ1) is 19.9. The predicted molar refractivity (Wildman–Crippen MR) is 195 cm³/mol. The van der Waals surface area contributed by atoms with Crippen molar-refractivity contribution in [2.45, 2.75) is 138 Å². The smallest absolute Gasteiger partial charge is 0.0808 e. The number of fused-ring (bicyclic) bond motifs is 1. The Kier molecular flexibility index (Phi) is 9.23. The van der Waals surface area contributed by atoms with Crippen LogP contribution in [0.5, 0.6) is 0 Å². The fourth-order valence-corrected chi connectivity index (χ4v) is 14.5. The van der Waals surface area contributed by atoms with Crippen LogP contribution >= 0.6 is 0 Å². The van der Waals surface area contributed by atoms with Gasteiger partial charge in [0.05, 0.1) is 0 Å². The van der Waals surface area contributed by atoms with E-state index in [-0.39, 0.29) is 10.5 Å². The molecule has 0 saturated heterocycles. The van der Waals surface area contributed by atoms with Crippen molar-refractivity contribution < 1.29 is 0 Å². The van der Waals surface area contributed by atoms with Gasteiger partial charge >= 0.3 is 0 Å². The van der Waals surface area contributed by atoms with Crippen LogP contribution in [0.3, 0.4) is 0 Å². The molecule has 1 aliphatic rings. The SMILES string of the molecule is CC(C)c1cc(C(C)C)c([Si@]2(/C=C(\c3ccccc3)C(C)(C)C)c3c(C(C)C)cc(C(C)C)cc3C2(C)C)c(C(C)C)c1. The number of hydrogen-bond donors (Lipinski definition) is 0. The van der Waals surface area contributed by atoms with Crippen molar-refractivity contribution in [3.8, 4) is 0 Å². The molecule has 0 N–H and O–H groups in total. The molecule has 232 valence electrons. The van der Waals surface area contributed by atoms with Crippen molar-refractivity contribution >= 4 is 24.0 Å². The molecule has 0 amide bonds. The highest BCUT2D eigenvalue weighted by Gasteiger charge is 2.62. The number of hydrogen-bond acceptors (Lipinski definition) is 0. The summed E-state index contributed by atoms with van der Waals surface area (Å²) >= 11 is 0. The minimum Gasteiger partial charge on any atom is -0.0808 e. The zero-order valence-corrected chi connectivity index (χ0v) is 31.2. The fourth-order valence-electron chi connectivity index (χ4n) is 7.61. The van der Waals surface area contributed by atoms with Crippen LogP contribution in [-0.2, 0) is 5.04 Å². The summed E-state index contributed by atoms with van der Waals surface area (Å²) in [5, 5.41) is 3.46. The highest BCUT2D eigenvalue weighted by Crippen LogP contribution is 2.50. The van der Waals surface area contributed by atoms with Crippen molar-refractivity contribution in [3.05, 3.63) is 99.2 Å². The van der Waals surface area contributed by atoms with Crippen molar-refractivity contribution in [2.75, 3.05) is 0 Å². The molecular formula is C42H60Si. The molecule has 1 aliphatic heterocycles. The van der Waals surface area contributed by atoms with Gasteiger partial charge in [-0.25, -0.2) is 0 Å². The van der Waals surface area contributed by atoms with E-state index >= 15 is 0 Å². The van der Waals surface area contributed by atoms with Crippen molar-refractivity contribution in [1.82, 2.24) is 0 Å². The highest BCUT2D eigenvalue weighted by atomic mass is 28.3. The second-order valence-corrected chi connectivity index (χ2v) is 20.6. The van der Waals surface area contributed by atoms with Crippen molar-refractivity contribution in [3.63, 3.8) is 0 Å². The van der Waals surface area contributed by atoms with Crippen LogP contribution in [0.25, 0.3) is 5.57 Å². The zero-order valence-electron chi connectivity index (χ0n) is 30.2. The van der Waals surface area contributed by atoms with Crippen LogP contribution in [0.2, 0.25) is 0 Å². The summed E-state index contributed by atoms with van der Waals surface area (Å²) in [6, 6.07) is 21.6. The number of benzene rings is 3. The Morgan fingerprint density at radius 1 is 0.605 bits per heavy atom.